The Morgan fingerprint density at radius 3 is 2.76 bits per heavy atom. The first-order chi connectivity index (χ1) is 8.19. The zero-order valence-electron chi connectivity index (χ0n) is 10.6. The van der Waals surface area contributed by atoms with Gasteiger partial charge in [-0.05, 0) is 25.7 Å². The van der Waals surface area contributed by atoms with Gasteiger partial charge < -0.3 is 9.57 Å². The summed E-state index contributed by atoms with van der Waals surface area (Å²) in [6.07, 6.45) is 2.92. The van der Waals surface area contributed by atoms with Crippen molar-refractivity contribution in [1.82, 2.24) is 10.5 Å². The standard InChI is InChI=1S/C11H23N3O3/c1-9(10-3-4-10)14(7-8-16-2)6-5-11(15)17-13-12/h9-10,13H,3-8,12H2,1-2H3. The number of nitrogens with zero attached hydrogens (tertiary/aromatic N) is 1. The predicted molar refractivity (Wildman–Crippen MR) is 63.7 cm³/mol. The molecule has 0 radical (unpaired) electrons. The van der Waals surface area contributed by atoms with Crippen molar-refractivity contribution in [3.8, 4) is 0 Å². The molecule has 0 amide bonds. The van der Waals surface area contributed by atoms with Crippen LogP contribution in [-0.4, -0.2) is 43.7 Å². The lowest BCUT2D eigenvalue weighted by Gasteiger charge is -2.28. The molecule has 0 spiro atoms. The summed E-state index contributed by atoms with van der Waals surface area (Å²) in [5, 5.41) is 0. The van der Waals surface area contributed by atoms with Crippen LogP contribution in [0.1, 0.15) is 26.2 Å². The molecule has 1 fully saturated rings. The largest absolute Gasteiger partial charge is 0.383 e. The third kappa shape index (κ3) is 5.45. The highest BCUT2D eigenvalue weighted by Gasteiger charge is 2.31. The van der Waals surface area contributed by atoms with E-state index >= 15 is 0 Å². The second-order valence-corrected chi connectivity index (χ2v) is 4.45. The molecule has 1 rings (SSSR count). The molecule has 0 aromatic heterocycles. The van der Waals surface area contributed by atoms with E-state index < -0.39 is 0 Å². The Morgan fingerprint density at radius 1 is 1.53 bits per heavy atom. The van der Waals surface area contributed by atoms with Gasteiger partial charge in [0.25, 0.3) is 0 Å². The van der Waals surface area contributed by atoms with Crippen LogP contribution in [0.3, 0.4) is 0 Å². The molecule has 0 aromatic rings. The average molecular weight is 245 g/mol. The van der Waals surface area contributed by atoms with Gasteiger partial charge in [0.05, 0.1) is 13.0 Å². The van der Waals surface area contributed by atoms with E-state index in [1.165, 1.54) is 12.8 Å². The maximum atomic E-state index is 11.2. The summed E-state index contributed by atoms with van der Waals surface area (Å²) in [4.78, 5) is 18.0. The zero-order chi connectivity index (χ0) is 12.7. The van der Waals surface area contributed by atoms with Crippen LogP contribution in [0.2, 0.25) is 0 Å². The number of methoxy groups -OCH3 is 1. The van der Waals surface area contributed by atoms with E-state index in [2.05, 4.69) is 16.7 Å². The van der Waals surface area contributed by atoms with Crippen molar-refractivity contribution >= 4 is 5.97 Å². The number of ether oxygens (including phenoxy) is 1. The Hall–Kier alpha value is -0.690. The summed E-state index contributed by atoms with van der Waals surface area (Å²) in [7, 11) is 1.69. The number of hydrogen-bond acceptors (Lipinski definition) is 6. The van der Waals surface area contributed by atoms with Crippen LogP contribution in [0.4, 0.5) is 0 Å². The van der Waals surface area contributed by atoms with Crippen LogP contribution in [-0.2, 0) is 14.4 Å². The third-order valence-electron chi connectivity index (χ3n) is 3.24. The molecular weight excluding hydrogens is 222 g/mol. The number of nitrogens with one attached hydrogen (secondary N) is 1. The first kappa shape index (κ1) is 14.4. The topological polar surface area (TPSA) is 76.8 Å². The quantitative estimate of drug-likeness (QED) is 0.441. The molecule has 0 heterocycles. The van der Waals surface area contributed by atoms with Crippen LogP contribution in [0, 0.1) is 5.92 Å². The maximum Gasteiger partial charge on any atom is 0.327 e. The van der Waals surface area contributed by atoms with Gasteiger partial charge >= 0.3 is 5.97 Å². The Kier molecular flexibility index (Phi) is 6.43. The highest BCUT2D eigenvalue weighted by molar-refractivity contribution is 5.69. The molecule has 3 N–H and O–H groups in total. The van der Waals surface area contributed by atoms with Crippen molar-refractivity contribution < 1.29 is 14.4 Å². The van der Waals surface area contributed by atoms with E-state index in [0.29, 0.717) is 25.6 Å². The van der Waals surface area contributed by atoms with Crippen molar-refractivity contribution in [3.05, 3.63) is 0 Å². The van der Waals surface area contributed by atoms with Crippen molar-refractivity contribution in [2.75, 3.05) is 26.8 Å². The summed E-state index contributed by atoms with van der Waals surface area (Å²) in [6.45, 7) is 4.42. The summed E-state index contributed by atoms with van der Waals surface area (Å²) in [5.74, 6) is 5.35. The average Bonchev–Trinajstić information content (AvgIpc) is 3.12. The molecule has 100 valence electrons. The Labute approximate surface area is 102 Å². The number of nitrogens with two attached hydrogens (primary N) is 1. The van der Waals surface area contributed by atoms with Gasteiger partial charge in [-0.3, -0.25) is 9.69 Å². The SMILES string of the molecule is COCCN(CCC(=O)ONN)C(C)C1CC1. The van der Waals surface area contributed by atoms with E-state index in [0.717, 1.165) is 12.5 Å². The van der Waals surface area contributed by atoms with Crippen molar-refractivity contribution in [2.24, 2.45) is 11.8 Å². The summed E-state index contributed by atoms with van der Waals surface area (Å²) < 4.78 is 5.09. The summed E-state index contributed by atoms with van der Waals surface area (Å²) in [6, 6.07) is 0.504. The van der Waals surface area contributed by atoms with Crippen molar-refractivity contribution in [1.29, 1.82) is 0 Å². The Bertz CT molecular complexity index is 234. The molecule has 0 aromatic carbocycles. The van der Waals surface area contributed by atoms with Gasteiger partial charge in [0.1, 0.15) is 0 Å². The van der Waals surface area contributed by atoms with E-state index in [1.807, 2.05) is 5.59 Å². The number of hydrazine groups is 1. The zero-order valence-corrected chi connectivity index (χ0v) is 10.6. The highest BCUT2D eigenvalue weighted by Crippen LogP contribution is 2.35. The van der Waals surface area contributed by atoms with Gasteiger partial charge in [-0.1, -0.05) is 5.59 Å². The van der Waals surface area contributed by atoms with Gasteiger partial charge in [-0.15, -0.1) is 0 Å². The maximum absolute atomic E-state index is 11.2. The fourth-order valence-electron chi connectivity index (χ4n) is 1.96. The second-order valence-electron chi connectivity index (χ2n) is 4.45. The smallest absolute Gasteiger partial charge is 0.327 e. The minimum Gasteiger partial charge on any atom is -0.383 e. The van der Waals surface area contributed by atoms with E-state index in [4.69, 9.17) is 10.6 Å². The Balaban J connectivity index is 2.31. The van der Waals surface area contributed by atoms with E-state index in [-0.39, 0.29) is 5.97 Å². The lowest BCUT2D eigenvalue weighted by Crippen LogP contribution is -2.39. The van der Waals surface area contributed by atoms with Crippen LogP contribution < -0.4 is 11.4 Å². The molecule has 0 bridgehead atoms. The fourth-order valence-corrected chi connectivity index (χ4v) is 1.96. The molecule has 1 aliphatic carbocycles. The fraction of sp³-hybridized carbons (Fsp3) is 0.909. The van der Waals surface area contributed by atoms with Crippen molar-refractivity contribution in [3.63, 3.8) is 0 Å². The first-order valence-electron chi connectivity index (χ1n) is 6.07. The van der Waals surface area contributed by atoms with Gasteiger partial charge in [-0.25, -0.2) is 5.84 Å². The van der Waals surface area contributed by atoms with Crippen LogP contribution >= 0.6 is 0 Å². The van der Waals surface area contributed by atoms with Crippen LogP contribution in [0.15, 0.2) is 0 Å². The van der Waals surface area contributed by atoms with Gasteiger partial charge in [0, 0.05) is 26.2 Å². The predicted octanol–water partition coefficient (Wildman–Crippen LogP) is 0.0449. The number of carbonyl (C=O) groups excluding carboxylic acids is 1. The molecule has 0 aliphatic heterocycles. The molecule has 1 saturated carbocycles. The number of hydrogen-bond donors (Lipinski definition) is 2. The summed E-state index contributed by atoms with van der Waals surface area (Å²) in [5.41, 5.74) is 1.91. The van der Waals surface area contributed by atoms with Crippen LogP contribution in [0.5, 0.6) is 0 Å². The number of rotatable bonds is 9. The molecule has 1 aliphatic rings. The third-order valence-corrected chi connectivity index (χ3v) is 3.24. The van der Waals surface area contributed by atoms with E-state index in [1.54, 1.807) is 7.11 Å². The van der Waals surface area contributed by atoms with Gasteiger partial charge in [0.2, 0.25) is 0 Å². The van der Waals surface area contributed by atoms with Gasteiger partial charge in [0.15, 0.2) is 0 Å². The lowest BCUT2D eigenvalue weighted by molar-refractivity contribution is -0.151. The molecule has 1 unspecified atom stereocenters. The number of carbonyl (C=O) groups is 1. The first-order valence-corrected chi connectivity index (χ1v) is 6.07. The van der Waals surface area contributed by atoms with Gasteiger partial charge in [-0.2, -0.15) is 0 Å². The normalized spacial score (nSPS) is 17.2. The lowest BCUT2D eigenvalue weighted by atomic mass is 10.1. The second kappa shape index (κ2) is 7.60. The monoisotopic (exact) mass is 245 g/mol. The van der Waals surface area contributed by atoms with Crippen LogP contribution in [0.25, 0.3) is 0 Å². The highest BCUT2D eigenvalue weighted by atomic mass is 16.7. The van der Waals surface area contributed by atoms with Crippen molar-refractivity contribution in [2.45, 2.75) is 32.2 Å². The molecule has 6 nitrogen and oxygen atoms in total. The molecule has 6 heteroatoms. The minimum atomic E-state index is -0.335. The summed E-state index contributed by atoms with van der Waals surface area (Å²) >= 11 is 0. The molecule has 0 saturated heterocycles. The molecule has 1 atom stereocenters. The van der Waals surface area contributed by atoms with E-state index in [9.17, 15) is 4.79 Å². The molecular formula is C11H23N3O3. The molecule has 17 heavy (non-hydrogen) atoms. The Morgan fingerprint density at radius 2 is 2.24 bits per heavy atom. The minimum absolute atomic E-state index is 0.335.